The van der Waals surface area contributed by atoms with E-state index in [0.717, 1.165) is 12.0 Å². The van der Waals surface area contributed by atoms with Gasteiger partial charge in [0.25, 0.3) is 0 Å². The van der Waals surface area contributed by atoms with Crippen LogP contribution in [0.25, 0.3) is 0 Å². The molecule has 1 aromatic carbocycles. The minimum absolute atomic E-state index is 0.0511. The van der Waals surface area contributed by atoms with E-state index in [-0.39, 0.29) is 11.3 Å². The Morgan fingerprint density at radius 2 is 1.82 bits per heavy atom. The van der Waals surface area contributed by atoms with E-state index in [2.05, 4.69) is 69.1 Å². The van der Waals surface area contributed by atoms with Crippen LogP contribution in [0.5, 0.6) is 0 Å². The minimum atomic E-state index is 0.0511. The van der Waals surface area contributed by atoms with Crippen molar-refractivity contribution in [3.8, 4) is 0 Å². The molecular weight excluding hydrogens is 270 g/mol. The normalized spacial score (nSPS) is 24.0. The zero-order valence-electron chi connectivity index (χ0n) is 14.0. The van der Waals surface area contributed by atoms with Crippen LogP contribution in [-0.2, 0) is 4.79 Å². The fourth-order valence-electron chi connectivity index (χ4n) is 3.67. The van der Waals surface area contributed by atoms with Gasteiger partial charge in [-0.1, -0.05) is 50.3 Å². The maximum atomic E-state index is 12.9. The minimum Gasteiger partial charge on any atom is -0.349 e. The van der Waals surface area contributed by atoms with Gasteiger partial charge in [0, 0.05) is 35.9 Å². The Hall–Kier alpha value is -1.83. The molecule has 1 aliphatic carbocycles. The molecule has 0 spiro atoms. The number of Topliss-reactive ketones (excluding diaryl/α,β-unsaturated/α-hetero) is 1. The number of nitrogens with zero attached hydrogens (tertiary/aromatic N) is 1. The van der Waals surface area contributed by atoms with Crippen LogP contribution in [0.3, 0.4) is 0 Å². The molecule has 1 heterocycles. The van der Waals surface area contributed by atoms with Gasteiger partial charge in [-0.05, 0) is 31.2 Å². The lowest BCUT2D eigenvalue weighted by Gasteiger charge is -2.42. The molecule has 0 saturated carbocycles. The molecule has 22 heavy (non-hydrogen) atoms. The fraction of sp³-hybridized carbons (Fsp3) is 0.450. The lowest BCUT2D eigenvalue weighted by Crippen LogP contribution is -2.38. The maximum absolute atomic E-state index is 12.9. The molecule has 0 N–H and O–H groups in total. The second kappa shape index (κ2) is 5.42. The Morgan fingerprint density at radius 1 is 1.14 bits per heavy atom. The fourth-order valence-corrected chi connectivity index (χ4v) is 3.67. The van der Waals surface area contributed by atoms with Gasteiger partial charge in [-0.15, -0.1) is 0 Å². The van der Waals surface area contributed by atoms with Gasteiger partial charge in [0.1, 0.15) is 0 Å². The predicted molar refractivity (Wildman–Crippen MR) is 90.3 cm³/mol. The molecule has 2 heteroatoms. The quantitative estimate of drug-likeness (QED) is 0.791. The summed E-state index contributed by atoms with van der Waals surface area (Å²) in [6.07, 6.45) is 5.98. The molecule has 1 aliphatic heterocycles. The highest BCUT2D eigenvalue weighted by molar-refractivity contribution is 5.99. The first kappa shape index (κ1) is 15.1. The summed E-state index contributed by atoms with van der Waals surface area (Å²) in [5.41, 5.74) is 3.51. The molecular formula is C20H25NO. The standard InChI is InChI=1S/C20H25NO/c1-14(2)21-11-10-16(15-8-6-5-7-9-15)19-17(21)12-20(3,4)13-18(19)22/h5-11,14,16H,12-13H2,1-4H3. The molecule has 3 rings (SSSR count). The molecule has 2 aliphatic rings. The summed E-state index contributed by atoms with van der Waals surface area (Å²) in [7, 11) is 0. The molecule has 1 aromatic rings. The van der Waals surface area contributed by atoms with Gasteiger partial charge in [-0.2, -0.15) is 0 Å². The highest BCUT2D eigenvalue weighted by atomic mass is 16.1. The van der Waals surface area contributed by atoms with Gasteiger partial charge in [-0.25, -0.2) is 0 Å². The van der Waals surface area contributed by atoms with Crippen LogP contribution in [0, 0.1) is 5.41 Å². The van der Waals surface area contributed by atoms with Crippen molar-refractivity contribution in [1.82, 2.24) is 4.90 Å². The number of allylic oxidation sites excluding steroid dienone is 3. The number of benzene rings is 1. The number of hydrogen-bond donors (Lipinski definition) is 0. The zero-order chi connectivity index (χ0) is 15.9. The van der Waals surface area contributed by atoms with Crippen molar-refractivity contribution in [2.45, 2.75) is 52.5 Å². The number of carbonyl (C=O) groups is 1. The smallest absolute Gasteiger partial charge is 0.162 e. The van der Waals surface area contributed by atoms with Crippen LogP contribution in [0.1, 0.15) is 52.0 Å². The van der Waals surface area contributed by atoms with Gasteiger partial charge in [0.05, 0.1) is 0 Å². The average Bonchev–Trinajstić information content (AvgIpc) is 2.45. The first-order valence-corrected chi connectivity index (χ1v) is 8.17. The van der Waals surface area contributed by atoms with Gasteiger partial charge in [0.2, 0.25) is 0 Å². The third kappa shape index (κ3) is 2.63. The molecule has 0 saturated heterocycles. The Balaban J connectivity index is 2.11. The summed E-state index contributed by atoms with van der Waals surface area (Å²) in [6, 6.07) is 10.7. The largest absolute Gasteiger partial charge is 0.349 e. The molecule has 0 aromatic heterocycles. The van der Waals surface area contributed by atoms with E-state index >= 15 is 0 Å². The van der Waals surface area contributed by atoms with Crippen LogP contribution in [-0.4, -0.2) is 16.7 Å². The number of carbonyl (C=O) groups excluding carboxylic acids is 1. The summed E-state index contributed by atoms with van der Waals surface area (Å²) >= 11 is 0. The first-order chi connectivity index (χ1) is 10.4. The molecule has 2 nitrogen and oxygen atoms in total. The Labute approximate surface area is 133 Å². The van der Waals surface area contributed by atoms with Crippen LogP contribution in [0.2, 0.25) is 0 Å². The number of hydrogen-bond acceptors (Lipinski definition) is 2. The first-order valence-electron chi connectivity index (χ1n) is 8.17. The zero-order valence-corrected chi connectivity index (χ0v) is 14.0. The van der Waals surface area contributed by atoms with Crippen molar-refractivity contribution in [1.29, 1.82) is 0 Å². The molecule has 1 atom stereocenters. The highest BCUT2D eigenvalue weighted by Gasteiger charge is 2.39. The van der Waals surface area contributed by atoms with Crippen molar-refractivity contribution >= 4 is 5.78 Å². The van der Waals surface area contributed by atoms with Gasteiger partial charge < -0.3 is 4.90 Å². The maximum Gasteiger partial charge on any atom is 0.162 e. The number of rotatable bonds is 2. The summed E-state index contributed by atoms with van der Waals surface area (Å²) < 4.78 is 0. The van der Waals surface area contributed by atoms with Gasteiger partial charge in [-0.3, -0.25) is 4.79 Å². The van der Waals surface area contributed by atoms with Crippen LogP contribution < -0.4 is 0 Å². The molecule has 0 bridgehead atoms. The van der Waals surface area contributed by atoms with E-state index in [9.17, 15) is 4.79 Å². The van der Waals surface area contributed by atoms with Crippen molar-refractivity contribution in [2.24, 2.45) is 5.41 Å². The Bertz CT molecular complexity index is 637. The predicted octanol–water partition coefficient (Wildman–Crippen LogP) is 4.65. The Morgan fingerprint density at radius 3 is 2.45 bits per heavy atom. The van der Waals surface area contributed by atoms with E-state index < -0.39 is 0 Å². The van der Waals surface area contributed by atoms with E-state index in [1.54, 1.807) is 0 Å². The third-order valence-corrected chi connectivity index (χ3v) is 4.67. The highest BCUT2D eigenvalue weighted by Crippen LogP contribution is 2.45. The van der Waals surface area contributed by atoms with Crippen molar-refractivity contribution in [3.63, 3.8) is 0 Å². The SMILES string of the molecule is CC(C)N1C=CC(c2ccccc2)C2=C1CC(C)(C)CC2=O. The third-order valence-electron chi connectivity index (χ3n) is 4.67. The van der Waals surface area contributed by atoms with E-state index in [4.69, 9.17) is 0 Å². The van der Waals surface area contributed by atoms with E-state index in [1.165, 1.54) is 11.3 Å². The topological polar surface area (TPSA) is 20.3 Å². The second-order valence-electron chi connectivity index (χ2n) is 7.53. The lowest BCUT2D eigenvalue weighted by atomic mass is 9.70. The van der Waals surface area contributed by atoms with Crippen LogP contribution >= 0.6 is 0 Å². The van der Waals surface area contributed by atoms with Gasteiger partial charge in [0.15, 0.2) is 5.78 Å². The molecule has 1 unspecified atom stereocenters. The van der Waals surface area contributed by atoms with Crippen LogP contribution in [0.15, 0.2) is 53.9 Å². The van der Waals surface area contributed by atoms with Crippen LogP contribution in [0.4, 0.5) is 0 Å². The summed E-state index contributed by atoms with van der Waals surface area (Å²) in [5.74, 6) is 0.421. The molecule has 116 valence electrons. The van der Waals surface area contributed by atoms with E-state index in [1.807, 2.05) is 6.07 Å². The summed E-state index contributed by atoms with van der Waals surface area (Å²) in [4.78, 5) is 15.2. The van der Waals surface area contributed by atoms with Crippen molar-refractivity contribution < 1.29 is 4.79 Å². The second-order valence-corrected chi connectivity index (χ2v) is 7.53. The summed E-state index contributed by atoms with van der Waals surface area (Å²) in [6.45, 7) is 8.76. The van der Waals surface area contributed by atoms with Gasteiger partial charge >= 0.3 is 0 Å². The molecule has 0 fully saturated rings. The number of ketones is 1. The van der Waals surface area contributed by atoms with Crippen molar-refractivity contribution in [3.05, 3.63) is 59.4 Å². The monoisotopic (exact) mass is 295 g/mol. The van der Waals surface area contributed by atoms with E-state index in [0.29, 0.717) is 18.2 Å². The molecule has 0 radical (unpaired) electrons. The molecule has 0 amide bonds. The Kier molecular flexibility index (Phi) is 3.72. The lowest BCUT2D eigenvalue weighted by molar-refractivity contribution is -0.118. The van der Waals surface area contributed by atoms with Crippen molar-refractivity contribution in [2.75, 3.05) is 0 Å². The summed E-state index contributed by atoms with van der Waals surface area (Å²) in [5, 5.41) is 0. The average molecular weight is 295 g/mol.